The summed E-state index contributed by atoms with van der Waals surface area (Å²) in [5.74, 6) is 0.190. The molecule has 0 unspecified atom stereocenters. The Labute approximate surface area is 112 Å². The first-order valence-electron chi connectivity index (χ1n) is 6.40. The van der Waals surface area contributed by atoms with Gasteiger partial charge in [-0.1, -0.05) is 12.1 Å². The van der Waals surface area contributed by atoms with E-state index in [1.54, 1.807) is 12.3 Å². The van der Waals surface area contributed by atoms with Crippen molar-refractivity contribution in [1.29, 1.82) is 0 Å². The van der Waals surface area contributed by atoms with Gasteiger partial charge in [-0.15, -0.1) is 0 Å². The van der Waals surface area contributed by atoms with Gasteiger partial charge in [0, 0.05) is 30.5 Å². The van der Waals surface area contributed by atoms with Crippen LogP contribution in [0, 0.1) is 0 Å². The Morgan fingerprint density at radius 3 is 2.42 bits per heavy atom. The van der Waals surface area contributed by atoms with Crippen molar-refractivity contribution in [3.05, 3.63) is 42.7 Å². The molecule has 1 fully saturated rings. The summed E-state index contributed by atoms with van der Waals surface area (Å²) in [6.07, 6.45) is 3.19. The smallest absolute Gasteiger partial charge is 0.134 e. The fourth-order valence-electron chi connectivity index (χ4n) is 2.27. The first kappa shape index (κ1) is 12.0. The highest BCUT2D eigenvalue weighted by atomic mass is 16.5. The Kier molecular flexibility index (Phi) is 3.33. The van der Waals surface area contributed by atoms with Gasteiger partial charge in [0.05, 0.1) is 19.4 Å². The van der Waals surface area contributed by atoms with Gasteiger partial charge in [0.1, 0.15) is 5.75 Å². The molecule has 0 spiro atoms. The van der Waals surface area contributed by atoms with Crippen molar-refractivity contribution in [3.63, 3.8) is 0 Å². The van der Waals surface area contributed by atoms with Crippen molar-refractivity contribution in [2.24, 2.45) is 0 Å². The molecule has 1 aromatic carbocycles. The second-order valence-electron chi connectivity index (χ2n) is 4.58. The number of nitrogens with zero attached hydrogens (tertiary/aromatic N) is 2. The van der Waals surface area contributed by atoms with Gasteiger partial charge in [-0.3, -0.25) is 4.98 Å². The number of hydrogen-bond acceptors (Lipinski definition) is 4. The van der Waals surface area contributed by atoms with E-state index >= 15 is 0 Å². The standard InChI is InChI=1S/C15H16N2O2/c18-15-9-13(10-16-11-15)12-1-3-14(4-2-12)17-5-7-19-8-6-17/h1-4,9-11,18H,5-8H2. The van der Waals surface area contributed by atoms with E-state index < -0.39 is 0 Å². The molecule has 1 aliphatic heterocycles. The maximum absolute atomic E-state index is 9.45. The van der Waals surface area contributed by atoms with Crippen LogP contribution in [0.2, 0.25) is 0 Å². The summed E-state index contributed by atoms with van der Waals surface area (Å²) in [6.45, 7) is 3.45. The van der Waals surface area contributed by atoms with Gasteiger partial charge in [0.15, 0.2) is 0 Å². The molecule has 1 aromatic heterocycles. The summed E-state index contributed by atoms with van der Waals surface area (Å²) in [7, 11) is 0. The van der Waals surface area contributed by atoms with Crippen molar-refractivity contribution in [2.75, 3.05) is 31.2 Å². The molecule has 1 aliphatic rings. The molecule has 2 heterocycles. The Morgan fingerprint density at radius 2 is 1.74 bits per heavy atom. The van der Waals surface area contributed by atoms with Crippen LogP contribution in [0.25, 0.3) is 11.1 Å². The topological polar surface area (TPSA) is 45.6 Å². The molecule has 0 saturated carbocycles. The number of anilines is 1. The maximum atomic E-state index is 9.45. The van der Waals surface area contributed by atoms with E-state index in [4.69, 9.17) is 4.74 Å². The van der Waals surface area contributed by atoms with Crippen LogP contribution in [0.4, 0.5) is 5.69 Å². The van der Waals surface area contributed by atoms with Gasteiger partial charge in [-0.05, 0) is 23.8 Å². The molecule has 1 N–H and O–H groups in total. The zero-order chi connectivity index (χ0) is 13.1. The van der Waals surface area contributed by atoms with Crippen LogP contribution in [0.3, 0.4) is 0 Å². The number of hydrogen-bond donors (Lipinski definition) is 1. The highest BCUT2D eigenvalue weighted by molar-refractivity contribution is 5.66. The van der Waals surface area contributed by atoms with E-state index in [0.29, 0.717) is 0 Å². The minimum absolute atomic E-state index is 0.190. The Bertz CT molecular complexity index is 548. The molecule has 0 aliphatic carbocycles. The molecule has 0 atom stereocenters. The molecular formula is C15H16N2O2. The van der Waals surface area contributed by atoms with Crippen LogP contribution in [-0.4, -0.2) is 36.4 Å². The lowest BCUT2D eigenvalue weighted by molar-refractivity contribution is 0.122. The van der Waals surface area contributed by atoms with E-state index in [1.807, 2.05) is 0 Å². The third-order valence-electron chi connectivity index (χ3n) is 3.30. The monoisotopic (exact) mass is 256 g/mol. The Balaban J connectivity index is 1.82. The molecule has 4 heteroatoms. The lowest BCUT2D eigenvalue weighted by atomic mass is 10.1. The second kappa shape index (κ2) is 5.28. The molecule has 2 aromatic rings. The number of pyridine rings is 1. The minimum atomic E-state index is 0.190. The van der Waals surface area contributed by atoms with E-state index in [-0.39, 0.29) is 5.75 Å². The van der Waals surface area contributed by atoms with Gasteiger partial charge in [-0.2, -0.15) is 0 Å². The molecule has 98 valence electrons. The number of rotatable bonds is 2. The summed E-state index contributed by atoms with van der Waals surface area (Å²) in [6, 6.07) is 10.0. The van der Waals surface area contributed by atoms with Gasteiger partial charge < -0.3 is 14.7 Å². The molecule has 1 saturated heterocycles. The van der Waals surface area contributed by atoms with Crippen molar-refractivity contribution in [2.45, 2.75) is 0 Å². The van der Waals surface area contributed by atoms with Crippen molar-refractivity contribution in [3.8, 4) is 16.9 Å². The van der Waals surface area contributed by atoms with Gasteiger partial charge >= 0.3 is 0 Å². The van der Waals surface area contributed by atoms with E-state index in [2.05, 4.69) is 34.1 Å². The summed E-state index contributed by atoms with van der Waals surface area (Å²) in [5.41, 5.74) is 3.19. The van der Waals surface area contributed by atoms with Crippen molar-refractivity contribution in [1.82, 2.24) is 4.98 Å². The largest absolute Gasteiger partial charge is 0.506 e. The van der Waals surface area contributed by atoms with Crippen molar-refractivity contribution < 1.29 is 9.84 Å². The number of ether oxygens (including phenoxy) is 1. The number of aromatic hydroxyl groups is 1. The molecule has 4 nitrogen and oxygen atoms in total. The van der Waals surface area contributed by atoms with Gasteiger partial charge in [-0.25, -0.2) is 0 Å². The number of morpholine rings is 1. The normalized spacial score (nSPS) is 15.5. The van der Waals surface area contributed by atoms with E-state index in [0.717, 1.165) is 37.4 Å². The lowest BCUT2D eigenvalue weighted by Crippen LogP contribution is -2.36. The predicted molar refractivity (Wildman–Crippen MR) is 74.4 cm³/mol. The average molecular weight is 256 g/mol. The SMILES string of the molecule is Oc1cncc(-c2ccc(N3CCOCC3)cc2)c1. The zero-order valence-electron chi connectivity index (χ0n) is 10.6. The van der Waals surface area contributed by atoms with Crippen LogP contribution < -0.4 is 4.90 Å². The summed E-state index contributed by atoms with van der Waals surface area (Å²) >= 11 is 0. The lowest BCUT2D eigenvalue weighted by Gasteiger charge is -2.28. The first-order valence-corrected chi connectivity index (χ1v) is 6.40. The quantitative estimate of drug-likeness (QED) is 0.895. The molecule has 0 amide bonds. The van der Waals surface area contributed by atoms with Crippen LogP contribution in [-0.2, 0) is 4.74 Å². The molecular weight excluding hydrogens is 240 g/mol. The van der Waals surface area contributed by atoms with Crippen molar-refractivity contribution >= 4 is 5.69 Å². The Morgan fingerprint density at radius 1 is 1.00 bits per heavy atom. The third-order valence-corrected chi connectivity index (χ3v) is 3.30. The highest BCUT2D eigenvalue weighted by Crippen LogP contribution is 2.25. The van der Waals surface area contributed by atoms with E-state index in [9.17, 15) is 5.11 Å². The van der Waals surface area contributed by atoms with Crippen LogP contribution >= 0.6 is 0 Å². The minimum Gasteiger partial charge on any atom is -0.506 e. The molecule has 0 bridgehead atoms. The third kappa shape index (κ3) is 2.69. The summed E-state index contributed by atoms with van der Waals surface area (Å²) < 4.78 is 5.35. The van der Waals surface area contributed by atoms with Crippen LogP contribution in [0.5, 0.6) is 5.75 Å². The van der Waals surface area contributed by atoms with Crippen LogP contribution in [0.15, 0.2) is 42.7 Å². The number of aromatic nitrogens is 1. The van der Waals surface area contributed by atoms with E-state index in [1.165, 1.54) is 11.9 Å². The first-order chi connectivity index (χ1) is 9.33. The average Bonchev–Trinajstić information content (AvgIpc) is 2.48. The maximum Gasteiger partial charge on any atom is 0.134 e. The fourth-order valence-corrected chi connectivity index (χ4v) is 2.27. The summed E-state index contributed by atoms with van der Waals surface area (Å²) in [4.78, 5) is 6.31. The van der Waals surface area contributed by atoms with Crippen LogP contribution in [0.1, 0.15) is 0 Å². The Hall–Kier alpha value is -2.07. The van der Waals surface area contributed by atoms with Gasteiger partial charge in [0.2, 0.25) is 0 Å². The van der Waals surface area contributed by atoms with Gasteiger partial charge in [0.25, 0.3) is 0 Å². The predicted octanol–water partition coefficient (Wildman–Crippen LogP) is 2.29. The highest BCUT2D eigenvalue weighted by Gasteiger charge is 2.11. The fraction of sp³-hybridized carbons (Fsp3) is 0.267. The second-order valence-corrected chi connectivity index (χ2v) is 4.58. The summed E-state index contributed by atoms with van der Waals surface area (Å²) in [5, 5.41) is 9.45. The zero-order valence-corrected chi connectivity index (χ0v) is 10.6. The molecule has 19 heavy (non-hydrogen) atoms. The molecule has 3 rings (SSSR count). The molecule has 0 radical (unpaired) electrons. The number of benzene rings is 1.